The van der Waals surface area contributed by atoms with Crippen molar-refractivity contribution in [1.82, 2.24) is 0 Å². The van der Waals surface area contributed by atoms with Gasteiger partial charge in [-0.25, -0.2) is 4.79 Å². The summed E-state index contributed by atoms with van der Waals surface area (Å²) in [4.78, 5) is 24.4. The van der Waals surface area contributed by atoms with Crippen LogP contribution in [0, 0.1) is 0 Å². The standard InChI is InChI=1S/C20H21F2NO5S/c1-3-26-16-10-7-14(11-17(16)27-4-2)23-18(24)12-28-19(25)13-5-8-15(9-6-13)29-20(21)22/h5-11,20H,3-4,12H2,1-2H3,(H,23,24). The van der Waals surface area contributed by atoms with Gasteiger partial charge in [0.15, 0.2) is 18.1 Å². The predicted molar refractivity (Wildman–Crippen MR) is 106 cm³/mol. The lowest BCUT2D eigenvalue weighted by Crippen LogP contribution is -2.21. The number of rotatable bonds is 10. The molecule has 1 N–H and O–H groups in total. The average molecular weight is 425 g/mol. The maximum absolute atomic E-state index is 12.3. The highest BCUT2D eigenvalue weighted by Gasteiger charge is 2.13. The Bertz CT molecular complexity index is 830. The Morgan fingerprint density at radius 1 is 1.00 bits per heavy atom. The van der Waals surface area contributed by atoms with Gasteiger partial charge >= 0.3 is 5.97 Å². The molecule has 0 saturated carbocycles. The van der Waals surface area contributed by atoms with Crippen LogP contribution in [0.25, 0.3) is 0 Å². The van der Waals surface area contributed by atoms with Crippen molar-refractivity contribution in [1.29, 1.82) is 0 Å². The molecule has 0 aliphatic heterocycles. The molecule has 2 rings (SSSR count). The van der Waals surface area contributed by atoms with Crippen LogP contribution < -0.4 is 14.8 Å². The summed E-state index contributed by atoms with van der Waals surface area (Å²) >= 11 is 0.378. The molecule has 0 saturated heterocycles. The maximum Gasteiger partial charge on any atom is 0.338 e. The highest BCUT2D eigenvalue weighted by Crippen LogP contribution is 2.30. The van der Waals surface area contributed by atoms with Gasteiger partial charge in [-0.05, 0) is 50.2 Å². The van der Waals surface area contributed by atoms with Gasteiger partial charge in [-0.2, -0.15) is 8.78 Å². The van der Waals surface area contributed by atoms with Crippen LogP contribution in [0.3, 0.4) is 0 Å². The third kappa shape index (κ3) is 7.26. The van der Waals surface area contributed by atoms with E-state index in [1.54, 1.807) is 18.2 Å². The number of esters is 1. The van der Waals surface area contributed by atoms with Crippen molar-refractivity contribution in [2.75, 3.05) is 25.1 Å². The number of alkyl halides is 2. The molecule has 2 aromatic rings. The summed E-state index contributed by atoms with van der Waals surface area (Å²) in [6.45, 7) is 4.10. The van der Waals surface area contributed by atoms with E-state index in [2.05, 4.69) is 5.32 Å². The van der Waals surface area contributed by atoms with Gasteiger partial charge in [-0.3, -0.25) is 4.79 Å². The Morgan fingerprint density at radius 3 is 2.28 bits per heavy atom. The summed E-state index contributed by atoms with van der Waals surface area (Å²) < 4.78 is 40.5. The van der Waals surface area contributed by atoms with Gasteiger partial charge in [-0.15, -0.1) is 0 Å². The first-order valence-corrected chi connectivity index (χ1v) is 9.72. The topological polar surface area (TPSA) is 73.9 Å². The molecule has 0 aromatic heterocycles. The lowest BCUT2D eigenvalue weighted by atomic mass is 10.2. The SMILES string of the molecule is CCOc1ccc(NC(=O)COC(=O)c2ccc(SC(F)F)cc2)cc1OCC. The number of thioether (sulfide) groups is 1. The van der Waals surface area contributed by atoms with E-state index >= 15 is 0 Å². The molecule has 0 bridgehead atoms. The van der Waals surface area contributed by atoms with E-state index in [1.165, 1.54) is 24.3 Å². The molecule has 2 aromatic carbocycles. The molecular formula is C20H21F2NO5S. The second-order valence-electron chi connectivity index (χ2n) is 5.55. The fraction of sp³-hybridized carbons (Fsp3) is 0.300. The largest absolute Gasteiger partial charge is 0.490 e. The number of carbonyl (C=O) groups excluding carboxylic acids is 2. The zero-order valence-corrected chi connectivity index (χ0v) is 16.8. The van der Waals surface area contributed by atoms with E-state index in [9.17, 15) is 18.4 Å². The Balaban J connectivity index is 1.90. The molecule has 29 heavy (non-hydrogen) atoms. The van der Waals surface area contributed by atoms with Gasteiger partial charge < -0.3 is 19.5 Å². The molecule has 0 spiro atoms. The molecule has 0 heterocycles. The number of anilines is 1. The number of amides is 1. The van der Waals surface area contributed by atoms with Crippen molar-refractivity contribution in [3.8, 4) is 11.5 Å². The number of nitrogens with one attached hydrogen (secondary N) is 1. The molecule has 9 heteroatoms. The number of benzene rings is 2. The minimum Gasteiger partial charge on any atom is -0.490 e. The van der Waals surface area contributed by atoms with E-state index in [4.69, 9.17) is 14.2 Å². The molecule has 0 radical (unpaired) electrons. The van der Waals surface area contributed by atoms with E-state index < -0.39 is 24.2 Å². The van der Waals surface area contributed by atoms with Crippen molar-refractivity contribution in [3.63, 3.8) is 0 Å². The Kier molecular flexibility index (Phi) is 8.72. The van der Waals surface area contributed by atoms with Crippen LogP contribution in [-0.2, 0) is 9.53 Å². The third-order valence-corrected chi connectivity index (χ3v) is 4.20. The van der Waals surface area contributed by atoms with Gasteiger partial charge in [0, 0.05) is 16.6 Å². The smallest absolute Gasteiger partial charge is 0.338 e. The Morgan fingerprint density at radius 2 is 1.66 bits per heavy atom. The average Bonchev–Trinajstić information content (AvgIpc) is 2.68. The fourth-order valence-corrected chi connectivity index (χ4v) is 2.81. The predicted octanol–water partition coefficient (Wildman–Crippen LogP) is 4.59. The van der Waals surface area contributed by atoms with Crippen LogP contribution in [0.4, 0.5) is 14.5 Å². The van der Waals surface area contributed by atoms with E-state index in [0.717, 1.165) is 0 Å². The first-order chi connectivity index (χ1) is 13.9. The fourth-order valence-electron chi connectivity index (χ4n) is 2.31. The number of ether oxygens (including phenoxy) is 3. The molecule has 0 atom stereocenters. The maximum atomic E-state index is 12.3. The number of hydrogen-bond donors (Lipinski definition) is 1. The van der Waals surface area contributed by atoms with Crippen LogP contribution in [0.2, 0.25) is 0 Å². The van der Waals surface area contributed by atoms with E-state index in [0.29, 0.717) is 47.1 Å². The van der Waals surface area contributed by atoms with Crippen molar-refractivity contribution < 1.29 is 32.6 Å². The van der Waals surface area contributed by atoms with Crippen LogP contribution in [-0.4, -0.2) is 37.5 Å². The highest BCUT2D eigenvalue weighted by molar-refractivity contribution is 7.99. The second kappa shape index (κ2) is 11.3. The normalized spacial score (nSPS) is 10.5. The number of halogens is 2. The summed E-state index contributed by atoms with van der Waals surface area (Å²) in [5.41, 5.74) is 0.627. The molecule has 156 valence electrons. The Labute approximate surface area is 171 Å². The Hall–Kier alpha value is -2.81. The first kappa shape index (κ1) is 22.5. The third-order valence-electron chi connectivity index (χ3n) is 3.48. The van der Waals surface area contributed by atoms with Gasteiger partial charge in [0.25, 0.3) is 11.7 Å². The highest BCUT2D eigenvalue weighted by atomic mass is 32.2. The molecule has 0 unspecified atom stereocenters. The summed E-state index contributed by atoms with van der Waals surface area (Å²) in [6, 6.07) is 10.5. The summed E-state index contributed by atoms with van der Waals surface area (Å²) in [7, 11) is 0. The van der Waals surface area contributed by atoms with Crippen molar-refractivity contribution in [3.05, 3.63) is 48.0 Å². The molecule has 6 nitrogen and oxygen atoms in total. The molecular weight excluding hydrogens is 404 g/mol. The van der Waals surface area contributed by atoms with E-state index in [-0.39, 0.29) is 5.56 Å². The summed E-state index contributed by atoms with van der Waals surface area (Å²) in [5.74, 6) is -2.74. The number of hydrogen-bond acceptors (Lipinski definition) is 6. The van der Waals surface area contributed by atoms with Gasteiger partial charge in [-0.1, -0.05) is 11.8 Å². The van der Waals surface area contributed by atoms with Crippen molar-refractivity contribution >= 4 is 29.3 Å². The van der Waals surface area contributed by atoms with Crippen LogP contribution in [0.15, 0.2) is 47.4 Å². The summed E-state index contributed by atoms with van der Waals surface area (Å²) in [6.07, 6.45) is 0. The first-order valence-electron chi connectivity index (χ1n) is 8.84. The summed E-state index contributed by atoms with van der Waals surface area (Å²) in [5, 5.41) is 2.61. The molecule has 1 amide bonds. The van der Waals surface area contributed by atoms with Crippen LogP contribution >= 0.6 is 11.8 Å². The zero-order valence-electron chi connectivity index (χ0n) is 15.9. The van der Waals surface area contributed by atoms with Crippen LogP contribution in [0.1, 0.15) is 24.2 Å². The van der Waals surface area contributed by atoms with Gasteiger partial charge in [0.2, 0.25) is 0 Å². The zero-order chi connectivity index (χ0) is 21.2. The van der Waals surface area contributed by atoms with Crippen LogP contribution in [0.5, 0.6) is 11.5 Å². The molecule has 0 fully saturated rings. The number of carbonyl (C=O) groups is 2. The second-order valence-corrected chi connectivity index (χ2v) is 6.62. The monoisotopic (exact) mass is 425 g/mol. The quantitative estimate of drug-likeness (QED) is 0.443. The molecule has 0 aliphatic rings. The lowest BCUT2D eigenvalue weighted by molar-refractivity contribution is -0.119. The van der Waals surface area contributed by atoms with Gasteiger partial charge in [0.1, 0.15) is 0 Å². The minimum atomic E-state index is -2.54. The minimum absolute atomic E-state index is 0.163. The van der Waals surface area contributed by atoms with Gasteiger partial charge in [0.05, 0.1) is 18.8 Å². The molecule has 0 aliphatic carbocycles. The van der Waals surface area contributed by atoms with Crippen molar-refractivity contribution in [2.24, 2.45) is 0 Å². The lowest BCUT2D eigenvalue weighted by Gasteiger charge is -2.13. The van der Waals surface area contributed by atoms with Crippen molar-refractivity contribution in [2.45, 2.75) is 24.5 Å². The van der Waals surface area contributed by atoms with E-state index in [1.807, 2.05) is 13.8 Å².